The molecule has 0 atom stereocenters. The molecule has 0 saturated carbocycles. The predicted molar refractivity (Wildman–Crippen MR) is 120 cm³/mol. The quantitative estimate of drug-likeness (QED) is 0.440. The summed E-state index contributed by atoms with van der Waals surface area (Å²) in [6.45, 7) is 5.12. The van der Waals surface area contributed by atoms with Crippen molar-refractivity contribution in [2.24, 2.45) is 0 Å². The lowest BCUT2D eigenvalue weighted by Gasteiger charge is -2.27. The Balaban J connectivity index is 1.30. The standard InChI is InChI=1S/C25H23N3S/c1-18-7-5-6-10-22(18)24-12-11-21(29-24)17-28-14-13-23-20(16-28)15-26-25(27-23)19-8-3-2-4-9-19/h2-12,15H,13-14,16-17H2,1H3. The Kier molecular flexibility index (Phi) is 4.96. The molecule has 0 amide bonds. The molecule has 0 spiro atoms. The fraction of sp³-hybridized carbons (Fsp3) is 0.200. The number of benzene rings is 2. The van der Waals surface area contributed by atoms with E-state index in [2.05, 4.69) is 65.3 Å². The fourth-order valence-electron chi connectivity index (χ4n) is 3.91. The lowest BCUT2D eigenvalue weighted by molar-refractivity contribution is 0.245. The van der Waals surface area contributed by atoms with E-state index in [0.717, 1.165) is 37.4 Å². The summed E-state index contributed by atoms with van der Waals surface area (Å²) in [5, 5.41) is 0. The van der Waals surface area contributed by atoms with Crippen LogP contribution in [-0.2, 0) is 19.5 Å². The molecule has 144 valence electrons. The fourth-order valence-corrected chi connectivity index (χ4v) is 5.05. The van der Waals surface area contributed by atoms with Gasteiger partial charge in [-0.05, 0) is 30.2 Å². The molecular weight excluding hydrogens is 374 g/mol. The molecule has 0 fully saturated rings. The van der Waals surface area contributed by atoms with E-state index in [1.54, 1.807) is 0 Å². The van der Waals surface area contributed by atoms with Crippen LogP contribution in [0.25, 0.3) is 21.8 Å². The second-order valence-corrected chi connectivity index (χ2v) is 8.74. The van der Waals surface area contributed by atoms with Crippen LogP contribution >= 0.6 is 11.3 Å². The van der Waals surface area contributed by atoms with Crippen LogP contribution < -0.4 is 0 Å². The van der Waals surface area contributed by atoms with Crippen LogP contribution in [0.15, 0.2) is 72.9 Å². The second kappa shape index (κ2) is 7.90. The second-order valence-electron chi connectivity index (χ2n) is 7.57. The Morgan fingerprint density at radius 3 is 2.66 bits per heavy atom. The smallest absolute Gasteiger partial charge is 0.159 e. The minimum absolute atomic E-state index is 0.832. The van der Waals surface area contributed by atoms with Gasteiger partial charge in [-0.25, -0.2) is 9.97 Å². The predicted octanol–water partition coefficient (Wildman–Crippen LogP) is 5.74. The van der Waals surface area contributed by atoms with Crippen LogP contribution in [0.2, 0.25) is 0 Å². The van der Waals surface area contributed by atoms with Crippen LogP contribution in [0, 0.1) is 6.92 Å². The van der Waals surface area contributed by atoms with E-state index < -0.39 is 0 Å². The summed E-state index contributed by atoms with van der Waals surface area (Å²) >= 11 is 1.90. The highest BCUT2D eigenvalue weighted by molar-refractivity contribution is 7.15. The number of hydrogen-bond acceptors (Lipinski definition) is 4. The maximum absolute atomic E-state index is 4.84. The number of fused-ring (bicyclic) bond motifs is 1. The molecule has 2 aromatic carbocycles. The van der Waals surface area contributed by atoms with Gasteiger partial charge < -0.3 is 0 Å². The third-order valence-electron chi connectivity index (χ3n) is 5.50. The van der Waals surface area contributed by atoms with Crippen LogP contribution in [-0.4, -0.2) is 21.4 Å². The summed E-state index contributed by atoms with van der Waals surface area (Å²) in [5.41, 5.74) is 6.21. The van der Waals surface area contributed by atoms with Gasteiger partial charge in [-0.3, -0.25) is 4.90 Å². The molecule has 4 aromatic rings. The van der Waals surface area contributed by atoms with Gasteiger partial charge >= 0.3 is 0 Å². The third-order valence-corrected chi connectivity index (χ3v) is 6.60. The molecular formula is C25H23N3S. The van der Waals surface area contributed by atoms with E-state index >= 15 is 0 Å². The molecule has 2 aromatic heterocycles. The summed E-state index contributed by atoms with van der Waals surface area (Å²) in [5.74, 6) is 0.832. The zero-order chi connectivity index (χ0) is 19.6. The Morgan fingerprint density at radius 2 is 1.79 bits per heavy atom. The molecule has 4 heteroatoms. The Hall–Kier alpha value is -2.82. The highest BCUT2D eigenvalue weighted by Gasteiger charge is 2.19. The largest absolute Gasteiger partial charge is 0.293 e. The Morgan fingerprint density at radius 1 is 0.966 bits per heavy atom. The van der Waals surface area contributed by atoms with Crippen LogP contribution in [0.3, 0.4) is 0 Å². The van der Waals surface area contributed by atoms with Crippen molar-refractivity contribution in [2.45, 2.75) is 26.4 Å². The summed E-state index contributed by atoms with van der Waals surface area (Å²) in [7, 11) is 0. The molecule has 0 bridgehead atoms. The molecule has 5 rings (SSSR count). The average molecular weight is 398 g/mol. The first kappa shape index (κ1) is 18.2. The van der Waals surface area contributed by atoms with Gasteiger partial charge in [0, 0.05) is 53.1 Å². The number of aromatic nitrogens is 2. The number of aryl methyl sites for hydroxylation is 1. The highest BCUT2D eigenvalue weighted by Crippen LogP contribution is 2.32. The van der Waals surface area contributed by atoms with Crippen molar-refractivity contribution in [3.63, 3.8) is 0 Å². The van der Waals surface area contributed by atoms with Crippen molar-refractivity contribution in [2.75, 3.05) is 6.54 Å². The first-order chi connectivity index (χ1) is 14.3. The van der Waals surface area contributed by atoms with E-state index in [0.29, 0.717) is 0 Å². The van der Waals surface area contributed by atoms with Gasteiger partial charge in [0.25, 0.3) is 0 Å². The van der Waals surface area contributed by atoms with Gasteiger partial charge in [0.15, 0.2) is 5.82 Å². The monoisotopic (exact) mass is 397 g/mol. The zero-order valence-electron chi connectivity index (χ0n) is 16.5. The van der Waals surface area contributed by atoms with Crippen LogP contribution in [0.5, 0.6) is 0 Å². The van der Waals surface area contributed by atoms with Crippen LogP contribution in [0.1, 0.15) is 21.7 Å². The summed E-state index contributed by atoms with van der Waals surface area (Å²) < 4.78 is 0. The molecule has 0 unspecified atom stereocenters. The highest BCUT2D eigenvalue weighted by atomic mass is 32.1. The van der Waals surface area contributed by atoms with Gasteiger partial charge in [0.05, 0.1) is 5.69 Å². The first-order valence-corrected chi connectivity index (χ1v) is 10.9. The molecule has 0 radical (unpaired) electrons. The molecule has 29 heavy (non-hydrogen) atoms. The molecule has 3 nitrogen and oxygen atoms in total. The van der Waals surface area contributed by atoms with Gasteiger partial charge in [0.1, 0.15) is 0 Å². The van der Waals surface area contributed by atoms with E-state index in [1.807, 2.05) is 35.7 Å². The van der Waals surface area contributed by atoms with Crippen molar-refractivity contribution < 1.29 is 0 Å². The van der Waals surface area contributed by atoms with E-state index in [1.165, 1.54) is 32.1 Å². The number of thiophene rings is 1. The zero-order valence-corrected chi connectivity index (χ0v) is 17.3. The Bertz CT molecular complexity index is 1130. The number of rotatable bonds is 4. The van der Waals surface area contributed by atoms with Gasteiger partial charge in [-0.15, -0.1) is 11.3 Å². The average Bonchev–Trinajstić information content (AvgIpc) is 3.22. The normalized spacial score (nSPS) is 14.0. The maximum atomic E-state index is 4.84. The Labute approximate surface area is 175 Å². The SMILES string of the molecule is Cc1ccccc1-c1ccc(CN2CCc3nc(-c4ccccc4)ncc3C2)s1. The minimum Gasteiger partial charge on any atom is -0.293 e. The maximum Gasteiger partial charge on any atom is 0.159 e. The summed E-state index contributed by atoms with van der Waals surface area (Å²) in [6, 6.07) is 23.4. The van der Waals surface area contributed by atoms with Crippen LogP contribution in [0.4, 0.5) is 0 Å². The van der Waals surface area contributed by atoms with Gasteiger partial charge in [0.2, 0.25) is 0 Å². The van der Waals surface area contributed by atoms with E-state index in [9.17, 15) is 0 Å². The molecule has 1 aliphatic heterocycles. The van der Waals surface area contributed by atoms with Crippen molar-refractivity contribution >= 4 is 11.3 Å². The minimum atomic E-state index is 0.832. The van der Waals surface area contributed by atoms with Crippen molar-refractivity contribution in [1.29, 1.82) is 0 Å². The number of hydrogen-bond donors (Lipinski definition) is 0. The number of nitrogens with zero attached hydrogens (tertiary/aromatic N) is 3. The van der Waals surface area contributed by atoms with E-state index in [-0.39, 0.29) is 0 Å². The topological polar surface area (TPSA) is 29.0 Å². The molecule has 0 aliphatic carbocycles. The van der Waals surface area contributed by atoms with Gasteiger partial charge in [-0.1, -0.05) is 54.6 Å². The molecule has 1 aliphatic rings. The first-order valence-electron chi connectivity index (χ1n) is 10.0. The molecule has 0 saturated heterocycles. The van der Waals surface area contributed by atoms with E-state index in [4.69, 9.17) is 4.98 Å². The van der Waals surface area contributed by atoms with Gasteiger partial charge in [-0.2, -0.15) is 0 Å². The third kappa shape index (κ3) is 3.86. The molecule has 0 N–H and O–H groups in total. The molecule has 3 heterocycles. The lowest BCUT2D eigenvalue weighted by Crippen LogP contribution is -2.30. The summed E-state index contributed by atoms with van der Waals surface area (Å²) in [6.07, 6.45) is 3.00. The summed E-state index contributed by atoms with van der Waals surface area (Å²) in [4.78, 5) is 14.7. The van der Waals surface area contributed by atoms with Crippen molar-refractivity contribution in [3.8, 4) is 21.8 Å². The van der Waals surface area contributed by atoms with Crippen molar-refractivity contribution in [3.05, 3.63) is 94.6 Å². The van der Waals surface area contributed by atoms with Crippen molar-refractivity contribution in [1.82, 2.24) is 14.9 Å². The lowest BCUT2D eigenvalue weighted by atomic mass is 10.1.